The van der Waals surface area contributed by atoms with E-state index in [1.54, 1.807) is 25.2 Å². The summed E-state index contributed by atoms with van der Waals surface area (Å²) in [6.45, 7) is 2.22. The van der Waals surface area contributed by atoms with E-state index in [0.717, 1.165) is 23.3 Å². The van der Waals surface area contributed by atoms with Crippen LogP contribution in [0.1, 0.15) is 11.1 Å². The number of anilines is 4. The molecular weight excluding hydrogens is 430 g/mol. The molecule has 3 heterocycles. The number of hydrogen-bond donors (Lipinski definition) is 2. The second-order valence-corrected chi connectivity index (χ2v) is 7.70. The monoisotopic (exact) mass is 450 g/mol. The van der Waals surface area contributed by atoms with Crippen LogP contribution < -0.4 is 20.5 Å². The summed E-state index contributed by atoms with van der Waals surface area (Å²) in [5, 5.41) is 2.88. The minimum absolute atomic E-state index is 0.228. The van der Waals surface area contributed by atoms with Gasteiger partial charge in [-0.2, -0.15) is 4.98 Å². The molecule has 9 nitrogen and oxygen atoms in total. The molecule has 0 radical (unpaired) electrons. The summed E-state index contributed by atoms with van der Waals surface area (Å²) in [7, 11) is 3.39. The zero-order valence-electron chi connectivity index (χ0n) is 18.1. The second kappa shape index (κ2) is 7.69. The first-order chi connectivity index (χ1) is 15.9. The van der Waals surface area contributed by atoms with E-state index in [2.05, 4.69) is 25.7 Å². The first kappa shape index (κ1) is 20.6. The standard InChI is InChI=1S/C22H20F2N8O/c1-12-4-5-14(29-32-11-27-17-7-15(23)16(24)8-19(17)32)6-18(12)31-10-13-9-26-21(25-2)28-20(13)30(3)22(31)33/h4-9,11,29H,10H2,1-3H3,(H,25,26,28). The molecule has 0 aliphatic carbocycles. The fourth-order valence-corrected chi connectivity index (χ4v) is 3.82. The molecular formula is C22H20F2N8O. The normalized spacial score (nSPS) is 13.4. The lowest BCUT2D eigenvalue weighted by atomic mass is 10.1. The third-order valence-electron chi connectivity index (χ3n) is 5.57. The number of amides is 2. The van der Waals surface area contributed by atoms with E-state index in [-0.39, 0.29) is 6.03 Å². The summed E-state index contributed by atoms with van der Waals surface area (Å²) in [6.07, 6.45) is 3.14. The van der Waals surface area contributed by atoms with Gasteiger partial charge in [0.25, 0.3) is 0 Å². The van der Waals surface area contributed by atoms with Crippen LogP contribution in [-0.4, -0.2) is 39.8 Å². The third kappa shape index (κ3) is 3.47. The van der Waals surface area contributed by atoms with Crippen molar-refractivity contribution in [2.24, 2.45) is 0 Å². The Hall–Kier alpha value is -4.28. The molecule has 1 aliphatic rings. The summed E-state index contributed by atoms with van der Waals surface area (Å²) in [5.74, 6) is -0.918. The summed E-state index contributed by atoms with van der Waals surface area (Å²) in [5.41, 5.74) is 6.87. The molecule has 0 saturated heterocycles. The van der Waals surface area contributed by atoms with E-state index in [1.807, 2.05) is 25.1 Å². The molecule has 0 spiro atoms. The molecule has 0 atom stereocenters. The zero-order chi connectivity index (χ0) is 23.3. The second-order valence-electron chi connectivity index (χ2n) is 7.70. The first-order valence-electron chi connectivity index (χ1n) is 10.1. The molecule has 168 valence electrons. The van der Waals surface area contributed by atoms with Crippen LogP contribution >= 0.6 is 0 Å². The number of aromatic nitrogens is 4. The largest absolute Gasteiger partial charge is 0.357 e. The third-order valence-corrected chi connectivity index (χ3v) is 5.57. The van der Waals surface area contributed by atoms with Crippen molar-refractivity contribution in [2.75, 3.05) is 34.6 Å². The number of fused-ring (bicyclic) bond motifs is 2. The average Bonchev–Trinajstić information content (AvgIpc) is 3.18. The smallest absolute Gasteiger partial charge is 0.330 e. The van der Waals surface area contributed by atoms with Gasteiger partial charge in [0, 0.05) is 38.0 Å². The van der Waals surface area contributed by atoms with Crippen LogP contribution in [0.15, 0.2) is 42.9 Å². The van der Waals surface area contributed by atoms with Gasteiger partial charge in [-0.05, 0) is 24.6 Å². The maximum atomic E-state index is 13.7. The lowest BCUT2D eigenvalue weighted by molar-refractivity contribution is 0.251. The Kier molecular flexibility index (Phi) is 4.81. The van der Waals surface area contributed by atoms with E-state index >= 15 is 0 Å². The maximum Gasteiger partial charge on any atom is 0.330 e. The number of carbonyl (C=O) groups is 1. The van der Waals surface area contributed by atoms with Crippen molar-refractivity contribution in [3.05, 3.63) is 65.6 Å². The van der Waals surface area contributed by atoms with Gasteiger partial charge in [0.15, 0.2) is 11.6 Å². The van der Waals surface area contributed by atoms with Crippen molar-refractivity contribution in [3.8, 4) is 0 Å². The van der Waals surface area contributed by atoms with Crippen LogP contribution in [0.5, 0.6) is 0 Å². The molecule has 11 heteroatoms. The summed E-state index contributed by atoms with van der Waals surface area (Å²) in [6, 6.07) is 7.43. The van der Waals surface area contributed by atoms with Crippen LogP contribution in [0.3, 0.4) is 0 Å². The van der Waals surface area contributed by atoms with E-state index in [1.165, 1.54) is 15.9 Å². The highest BCUT2D eigenvalue weighted by Gasteiger charge is 2.31. The summed E-state index contributed by atoms with van der Waals surface area (Å²) < 4.78 is 28.8. The van der Waals surface area contributed by atoms with Gasteiger partial charge in [0.2, 0.25) is 5.95 Å². The van der Waals surface area contributed by atoms with Crippen molar-refractivity contribution >= 4 is 40.2 Å². The molecule has 0 fully saturated rings. The SMILES string of the molecule is CNc1ncc2c(n1)N(C)C(=O)N(c1cc(Nn3cnc4cc(F)c(F)cc43)ccc1C)C2. The molecule has 0 bridgehead atoms. The number of carbonyl (C=O) groups excluding carboxylic acids is 1. The van der Waals surface area contributed by atoms with Gasteiger partial charge >= 0.3 is 6.03 Å². The van der Waals surface area contributed by atoms with Gasteiger partial charge in [-0.15, -0.1) is 0 Å². The highest BCUT2D eigenvalue weighted by molar-refractivity contribution is 6.05. The Labute approximate surface area is 187 Å². The van der Waals surface area contributed by atoms with Crippen molar-refractivity contribution in [2.45, 2.75) is 13.5 Å². The van der Waals surface area contributed by atoms with Crippen molar-refractivity contribution < 1.29 is 13.6 Å². The summed E-state index contributed by atoms with van der Waals surface area (Å²) >= 11 is 0. The van der Waals surface area contributed by atoms with Crippen LogP contribution in [0.2, 0.25) is 0 Å². The number of nitrogens with one attached hydrogen (secondary N) is 2. The van der Waals surface area contributed by atoms with Crippen molar-refractivity contribution in [1.82, 2.24) is 19.6 Å². The molecule has 1 aliphatic heterocycles. The topological polar surface area (TPSA) is 91.2 Å². The minimum atomic E-state index is -0.958. The number of rotatable bonds is 4. The lowest BCUT2D eigenvalue weighted by Crippen LogP contribution is -2.46. The van der Waals surface area contributed by atoms with Crippen LogP contribution in [-0.2, 0) is 6.54 Å². The highest BCUT2D eigenvalue weighted by Crippen LogP contribution is 2.33. The number of benzene rings is 2. The molecule has 2 amide bonds. The molecule has 4 aromatic rings. The molecule has 2 N–H and O–H groups in total. The molecule has 5 rings (SSSR count). The number of hydrogen-bond acceptors (Lipinski definition) is 6. The van der Waals surface area contributed by atoms with E-state index in [0.29, 0.717) is 40.7 Å². The van der Waals surface area contributed by atoms with Gasteiger partial charge < -0.3 is 5.32 Å². The number of halogens is 2. The highest BCUT2D eigenvalue weighted by atomic mass is 19.2. The summed E-state index contributed by atoms with van der Waals surface area (Å²) in [4.78, 5) is 29.1. The van der Waals surface area contributed by atoms with Gasteiger partial charge in [0.1, 0.15) is 12.1 Å². The average molecular weight is 450 g/mol. The van der Waals surface area contributed by atoms with Crippen molar-refractivity contribution in [1.29, 1.82) is 0 Å². The Morgan fingerprint density at radius 2 is 1.88 bits per heavy atom. The van der Waals surface area contributed by atoms with E-state index in [4.69, 9.17) is 0 Å². The van der Waals surface area contributed by atoms with E-state index < -0.39 is 11.6 Å². The van der Waals surface area contributed by atoms with Crippen LogP contribution in [0.25, 0.3) is 11.0 Å². The Morgan fingerprint density at radius 1 is 1.09 bits per heavy atom. The Balaban J connectivity index is 1.49. The zero-order valence-corrected chi connectivity index (χ0v) is 18.1. The fraction of sp³-hybridized carbons (Fsp3) is 0.182. The molecule has 33 heavy (non-hydrogen) atoms. The molecule has 2 aromatic heterocycles. The Bertz CT molecular complexity index is 1400. The van der Waals surface area contributed by atoms with Crippen LogP contribution in [0.4, 0.5) is 36.7 Å². The number of imidazole rings is 1. The van der Waals surface area contributed by atoms with Gasteiger partial charge in [-0.1, -0.05) is 6.07 Å². The van der Waals surface area contributed by atoms with Gasteiger partial charge in [0.05, 0.1) is 29.0 Å². The quantitative estimate of drug-likeness (QED) is 0.490. The van der Waals surface area contributed by atoms with Crippen molar-refractivity contribution in [3.63, 3.8) is 0 Å². The predicted molar refractivity (Wildman–Crippen MR) is 121 cm³/mol. The maximum absolute atomic E-state index is 13.7. The minimum Gasteiger partial charge on any atom is -0.357 e. The number of nitrogens with zero attached hydrogens (tertiary/aromatic N) is 6. The Morgan fingerprint density at radius 3 is 2.67 bits per heavy atom. The molecule has 2 aromatic carbocycles. The molecule has 0 unspecified atom stereocenters. The number of urea groups is 1. The molecule has 0 saturated carbocycles. The predicted octanol–water partition coefficient (Wildman–Crippen LogP) is 3.91. The fourth-order valence-electron chi connectivity index (χ4n) is 3.82. The van der Waals surface area contributed by atoms with Crippen LogP contribution in [0, 0.1) is 18.6 Å². The number of aryl methyl sites for hydroxylation is 1. The van der Waals surface area contributed by atoms with Gasteiger partial charge in [-0.3, -0.25) is 15.2 Å². The lowest BCUT2D eigenvalue weighted by Gasteiger charge is -2.35. The first-order valence-corrected chi connectivity index (χ1v) is 10.1. The van der Waals surface area contributed by atoms with E-state index in [9.17, 15) is 13.6 Å². The van der Waals surface area contributed by atoms with Gasteiger partial charge in [-0.25, -0.2) is 28.2 Å².